The molecule has 3 heteroatoms. The van der Waals surface area contributed by atoms with E-state index in [2.05, 4.69) is 10.2 Å². The van der Waals surface area contributed by atoms with E-state index in [1.165, 1.54) is 0 Å². The SMILES string of the molecule is Clc1ccc2[nH]nc(-c3ccccc3)c2c1. The van der Waals surface area contributed by atoms with Gasteiger partial charge in [-0.25, -0.2) is 0 Å². The van der Waals surface area contributed by atoms with E-state index in [1.54, 1.807) is 0 Å². The first-order valence-electron chi connectivity index (χ1n) is 5.03. The Morgan fingerprint density at radius 1 is 1.00 bits per heavy atom. The number of nitrogens with one attached hydrogen (secondary N) is 1. The zero-order chi connectivity index (χ0) is 11.0. The molecule has 0 amide bonds. The van der Waals surface area contributed by atoms with Crippen molar-refractivity contribution in [2.24, 2.45) is 0 Å². The maximum absolute atomic E-state index is 5.99. The van der Waals surface area contributed by atoms with Gasteiger partial charge in [-0.05, 0) is 18.2 Å². The molecule has 0 saturated heterocycles. The molecule has 1 heterocycles. The summed E-state index contributed by atoms with van der Waals surface area (Å²) in [5.41, 5.74) is 3.04. The number of H-pyrrole nitrogens is 1. The first-order chi connectivity index (χ1) is 7.84. The topological polar surface area (TPSA) is 28.7 Å². The van der Waals surface area contributed by atoms with Gasteiger partial charge in [0.15, 0.2) is 0 Å². The van der Waals surface area contributed by atoms with Crippen molar-refractivity contribution in [1.82, 2.24) is 10.2 Å². The van der Waals surface area contributed by atoms with Crippen LogP contribution in [0.25, 0.3) is 22.2 Å². The second-order valence-electron chi connectivity index (χ2n) is 3.63. The van der Waals surface area contributed by atoms with Crippen LogP contribution in [0.2, 0.25) is 5.02 Å². The van der Waals surface area contributed by atoms with Crippen molar-refractivity contribution >= 4 is 22.5 Å². The first-order valence-corrected chi connectivity index (χ1v) is 5.41. The molecule has 1 N–H and O–H groups in total. The number of nitrogens with zero attached hydrogens (tertiary/aromatic N) is 1. The highest BCUT2D eigenvalue weighted by molar-refractivity contribution is 6.31. The molecule has 0 fully saturated rings. The molecule has 0 aliphatic carbocycles. The Bertz CT molecular complexity index is 629. The second-order valence-corrected chi connectivity index (χ2v) is 4.06. The highest BCUT2D eigenvalue weighted by Crippen LogP contribution is 2.27. The summed E-state index contributed by atoms with van der Waals surface area (Å²) in [7, 11) is 0. The lowest BCUT2D eigenvalue weighted by molar-refractivity contribution is 1.12. The van der Waals surface area contributed by atoms with Crippen LogP contribution in [0.3, 0.4) is 0 Å². The molecule has 78 valence electrons. The lowest BCUT2D eigenvalue weighted by Crippen LogP contribution is -1.77. The number of halogens is 1. The Kier molecular flexibility index (Phi) is 2.15. The molecule has 0 aliphatic rings. The molecule has 0 spiro atoms. The third kappa shape index (κ3) is 1.48. The van der Waals surface area contributed by atoms with Crippen LogP contribution >= 0.6 is 11.6 Å². The van der Waals surface area contributed by atoms with Gasteiger partial charge < -0.3 is 0 Å². The van der Waals surface area contributed by atoms with E-state index < -0.39 is 0 Å². The van der Waals surface area contributed by atoms with Crippen molar-refractivity contribution in [3.8, 4) is 11.3 Å². The summed E-state index contributed by atoms with van der Waals surface area (Å²) in [4.78, 5) is 0. The summed E-state index contributed by atoms with van der Waals surface area (Å²) in [6.07, 6.45) is 0. The summed E-state index contributed by atoms with van der Waals surface area (Å²) >= 11 is 5.99. The van der Waals surface area contributed by atoms with Crippen LogP contribution in [0.5, 0.6) is 0 Å². The van der Waals surface area contributed by atoms with E-state index in [4.69, 9.17) is 11.6 Å². The molecule has 0 unspecified atom stereocenters. The molecule has 0 atom stereocenters. The van der Waals surface area contributed by atoms with E-state index in [0.717, 1.165) is 27.2 Å². The normalized spacial score (nSPS) is 10.8. The van der Waals surface area contributed by atoms with Gasteiger partial charge in [-0.2, -0.15) is 5.10 Å². The Labute approximate surface area is 97.9 Å². The van der Waals surface area contributed by atoms with Crippen molar-refractivity contribution in [3.05, 3.63) is 53.6 Å². The van der Waals surface area contributed by atoms with Gasteiger partial charge in [-0.3, -0.25) is 5.10 Å². The molecule has 16 heavy (non-hydrogen) atoms. The van der Waals surface area contributed by atoms with Crippen molar-refractivity contribution in [2.45, 2.75) is 0 Å². The average molecular weight is 229 g/mol. The number of fused-ring (bicyclic) bond motifs is 1. The molecular formula is C13H9ClN2. The van der Waals surface area contributed by atoms with Gasteiger partial charge in [0.2, 0.25) is 0 Å². The monoisotopic (exact) mass is 228 g/mol. The van der Waals surface area contributed by atoms with Crippen molar-refractivity contribution in [3.63, 3.8) is 0 Å². The number of hydrogen-bond donors (Lipinski definition) is 1. The molecule has 2 nitrogen and oxygen atoms in total. The van der Waals surface area contributed by atoms with E-state index in [0.29, 0.717) is 0 Å². The van der Waals surface area contributed by atoms with Crippen LogP contribution in [0.15, 0.2) is 48.5 Å². The average Bonchev–Trinajstić information content (AvgIpc) is 2.73. The van der Waals surface area contributed by atoms with Crippen LogP contribution in [0.1, 0.15) is 0 Å². The third-order valence-corrected chi connectivity index (χ3v) is 2.81. The van der Waals surface area contributed by atoms with Crippen molar-refractivity contribution in [2.75, 3.05) is 0 Å². The highest BCUT2D eigenvalue weighted by atomic mass is 35.5. The Balaban J connectivity index is 2.29. The quantitative estimate of drug-likeness (QED) is 0.673. The molecule has 0 aliphatic heterocycles. The van der Waals surface area contributed by atoms with Crippen molar-refractivity contribution in [1.29, 1.82) is 0 Å². The summed E-state index contributed by atoms with van der Waals surface area (Å²) in [5.74, 6) is 0. The standard InChI is InChI=1S/C13H9ClN2/c14-10-6-7-12-11(8-10)13(16-15-12)9-4-2-1-3-5-9/h1-8H,(H,15,16). The lowest BCUT2D eigenvalue weighted by Gasteiger charge is -1.97. The number of benzene rings is 2. The minimum atomic E-state index is 0.728. The molecular weight excluding hydrogens is 220 g/mol. The van der Waals surface area contributed by atoms with Crippen LogP contribution in [-0.2, 0) is 0 Å². The predicted molar refractivity (Wildman–Crippen MR) is 66.5 cm³/mol. The second kappa shape index (κ2) is 3.65. The lowest BCUT2D eigenvalue weighted by atomic mass is 10.1. The molecule has 1 aromatic heterocycles. The minimum Gasteiger partial charge on any atom is -0.277 e. The summed E-state index contributed by atoms with van der Waals surface area (Å²) < 4.78 is 0. The number of aromatic amines is 1. The molecule has 3 rings (SSSR count). The number of hydrogen-bond acceptors (Lipinski definition) is 1. The largest absolute Gasteiger partial charge is 0.277 e. The fourth-order valence-electron chi connectivity index (χ4n) is 1.80. The highest BCUT2D eigenvalue weighted by Gasteiger charge is 2.07. The number of rotatable bonds is 1. The van der Waals surface area contributed by atoms with Crippen LogP contribution in [0.4, 0.5) is 0 Å². The summed E-state index contributed by atoms with van der Waals surface area (Å²) in [6, 6.07) is 15.8. The molecule has 0 bridgehead atoms. The summed E-state index contributed by atoms with van der Waals surface area (Å²) in [5, 5.41) is 9.11. The van der Waals surface area contributed by atoms with E-state index >= 15 is 0 Å². The van der Waals surface area contributed by atoms with Crippen molar-refractivity contribution < 1.29 is 0 Å². The Morgan fingerprint density at radius 2 is 1.81 bits per heavy atom. The van der Waals surface area contributed by atoms with Gasteiger partial charge >= 0.3 is 0 Å². The first kappa shape index (κ1) is 9.43. The summed E-state index contributed by atoms with van der Waals surface area (Å²) in [6.45, 7) is 0. The van der Waals surface area contributed by atoms with Crippen LogP contribution < -0.4 is 0 Å². The van der Waals surface area contributed by atoms with Crippen LogP contribution in [-0.4, -0.2) is 10.2 Å². The van der Waals surface area contributed by atoms with Gasteiger partial charge in [0.1, 0.15) is 0 Å². The zero-order valence-corrected chi connectivity index (χ0v) is 9.20. The molecule has 0 saturated carbocycles. The Morgan fingerprint density at radius 3 is 2.62 bits per heavy atom. The minimum absolute atomic E-state index is 0.728. The van der Waals surface area contributed by atoms with Gasteiger partial charge in [0, 0.05) is 16.0 Å². The van der Waals surface area contributed by atoms with E-state index in [9.17, 15) is 0 Å². The fourth-order valence-corrected chi connectivity index (χ4v) is 1.97. The maximum Gasteiger partial charge on any atom is 0.0999 e. The fraction of sp³-hybridized carbons (Fsp3) is 0. The van der Waals surface area contributed by atoms with E-state index in [1.807, 2.05) is 48.5 Å². The van der Waals surface area contributed by atoms with Crippen LogP contribution in [0, 0.1) is 0 Å². The zero-order valence-electron chi connectivity index (χ0n) is 8.44. The smallest absolute Gasteiger partial charge is 0.0999 e. The number of aromatic nitrogens is 2. The van der Waals surface area contributed by atoms with Gasteiger partial charge in [-0.15, -0.1) is 0 Å². The van der Waals surface area contributed by atoms with E-state index in [-0.39, 0.29) is 0 Å². The van der Waals surface area contributed by atoms with Gasteiger partial charge in [-0.1, -0.05) is 41.9 Å². The molecule has 2 aromatic carbocycles. The third-order valence-electron chi connectivity index (χ3n) is 2.57. The maximum atomic E-state index is 5.99. The predicted octanol–water partition coefficient (Wildman–Crippen LogP) is 3.88. The van der Waals surface area contributed by atoms with Gasteiger partial charge in [0.25, 0.3) is 0 Å². The molecule has 3 aromatic rings. The molecule has 0 radical (unpaired) electrons. The Hall–Kier alpha value is -1.80. The van der Waals surface area contributed by atoms with Gasteiger partial charge in [0.05, 0.1) is 11.2 Å².